The predicted molar refractivity (Wildman–Crippen MR) is 48.0 cm³/mol. The number of pyridine rings is 1. The molecule has 0 aliphatic heterocycles. The van der Waals surface area contributed by atoms with Crippen LogP contribution in [0.25, 0.3) is 0 Å². The van der Waals surface area contributed by atoms with Gasteiger partial charge in [-0.2, -0.15) is 5.26 Å². The smallest absolute Gasteiger partial charge is 0.153 e. The third-order valence-electron chi connectivity index (χ3n) is 1.96. The molecule has 1 heterocycles. The van der Waals surface area contributed by atoms with E-state index < -0.39 is 0 Å². The minimum absolute atomic E-state index is 0.225. The van der Waals surface area contributed by atoms with E-state index in [0.717, 1.165) is 12.8 Å². The molecule has 1 fully saturated rings. The van der Waals surface area contributed by atoms with Crippen molar-refractivity contribution in [2.75, 3.05) is 0 Å². The Labute approximate surface area is 81.1 Å². The Morgan fingerprint density at radius 3 is 3.00 bits per heavy atom. The Bertz CT molecular complexity index is 405. The van der Waals surface area contributed by atoms with Crippen LogP contribution in [0.3, 0.4) is 0 Å². The summed E-state index contributed by atoms with van der Waals surface area (Å²) in [5.74, 6) is 0.474. The van der Waals surface area contributed by atoms with Crippen molar-refractivity contribution in [2.45, 2.75) is 18.9 Å². The van der Waals surface area contributed by atoms with Gasteiger partial charge in [-0.15, -0.1) is 0 Å². The third-order valence-corrected chi connectivity index (χ3v) is 1.96. The highest BCUT2D eigenvalue weighted by atomic mass is 16.5. The van der Waals surface area contributed by atoms with Crippen LogP contribution in [-0.4, -0.2) is 17.4 Å². The zero-order valence-corrected chi connectivity index (χ0v) is 7.43. The lowest BCUT2D eigenvalue weighted by Crippen LogP contribution is -2.00. The normalized spacial score (nSPS) is 14.5. The Morgan fingerprint density at radius 2 is 2.43 bits per heavy atom. The SMILES string of the molecule is N#Cc1cc(C=O)c(OC2CC2)cn1. The summed E-state index contributed by atoms with van der Waals surface area (Å²) in [4.78, 5) is 14.5. The molecule has 0 aromatic carbocycles. The molecule has 4 nitrogen and oxygen atoms in total. The largest absolute Gasteiger partial charge is 0.488 e. The molecule has 0 spiro atoms. The average Bonchev–Trinajstić information content (AvgIpc) is 3.02. The number of carbonyl (C=O) groups excluding carboxylic acids is 1. The van der Waals surface area contributed by atoms with Crippen molar-refractivity contribution in [3.63, 3.8) is 0 Å². The number of hydrogen-bond acceptors (Lipinski definition) is 4. The second kappa shape index (κ2) is 3.46. The molecule has 1 aliphatic rings. The first-order valence-electron chi connectivity index (χ1n) is 4.35. The van der Waals surface area contributed by atoms with E-state index in [2.05, 4.69) is 4.98 Å². The molecule has 0 radical (unpaired) electrons. The topological polar surface area (TPSA) is 63.0 Å². The fourth-order valence-corrected chi connectivity index (χ4v) is 1.08. The van der Waals surface area contributed by atoms with Crippen molar-refractivity contribution in [1.82, 2.24) is 4.98 Å². The van der Waals surface area contributed by atoms with Gasteiger partial charge in [-0.1, -0.05) is 0 Å². The zero-order chi connectivity index (χ0) is 9.97. The van der Waals surface area contributed by atoms with Crippen molar-refractivity contribution in [1.29, 1.82) is 5.26 Å². The Balaban J connectivity index is 2.29. The van der Waals surface area contributed by atoms with Gasteiger partial charge in [0.05, 0.1) is 17.9 Å². The van der Waals surface area contributed by atoms with E-state index in [9.17, 15) is 4.79 Å². The van der Waals surface area contributed by atoms with Crippen LogP contribution in [0.2, 0.25) is 0 Å². The highest BCUT2D eigenvalue weighted by Crippen LogP contribution is 2.28. The fraction of sp³-hybridized carbons (Fsp3) is 0.300. The first kappa shape index (κ1) is 8.70. The summed E-state index contributed by atoms with van der Waals surface area (Å²) in [7, 11) is 0. The summed E-state index contributed by atoms with van der Waals surface area (Å²) >= 11 is 0. The molecule has 70 valence electrons. The van der Waals surface area contributed by atoms with Crippen molar-refractivity contribution in [3.05, 3.63) is 23.5 Å². The molecule has 0 N–H and O–H groups in total. The highest BCUT2D eigenvalue weighted by molar-refractivity contribution is 5.79. The van der Waals surface area contributed by atoms with Crippen LogP contribution < -0.4 is 4.74 Å². The van der Waals surface area contributed by atoms with Crippen LogP contribution in [0.5, 0.6) is 5.75 Å². The Morgan fingerprint density at radius 1 is 1.64 bits per heavy atom. The van der Waals surface area contributed by atoms with Crippen LogP contribution in [0.4, 0.5) is 0 Å². The van der Waals surface area contributed by atoms with Crippen molar-refractivity contribution in [2.24, 2.45) is 0 Å². The van der Waals surface area contributed by atoms with Crippen LogP contribution in [0.1, 0.15) is 28.9 Å². The van der Waals surface area contributed by atoms with Gasteiger partial charge in [0, 0.05) is 0 Å². The van der Waals surface area contributed by atoms with Crippen LogP contribution in [0, 0.1) is 11.3 Å². The van der Waals surface area contributed by atoms with Gasteiger partial charge in [-0.3, -0.25) is 4.79 Å². The molecule has 4 heteroatoms. The molecular formula is C10H8N2O2. The van der Waals surface area contributed by atoms with Crippen molar-refractivity contribution in [3.8, 4) is 11.8 Å². The number of aldehydes is 1. The van der Waals surface area contributed by atoms with Gasteiger partial charge in [0.15, 0.2) is 6.29 Å². The van der Waals surface area contributed by atoms with E-state index in [-0.39, 0.29) is 11.8 Å². The molecule has 0 amide bonds. The summed E-state index contributed by atoms with van der Waals surface area (Å²) in [6.07, 6.45) is 4.39. The van der Waals surface area contributed by atoms with E-state index >= 15 is 0 Å². The van der Waals surface area contributed by atoms with Gasteiger partial charge in [-0.05, 0) is 18.9 Å². The van der Waals surface area contributed by atoms with Gasteiger partial charge in [-0.25, -0.2) is 4.98 Å². The van der Waals surface area contributed by atoms with Crippen molar-refractivity contribution < 1.29 is 9.53 Å². The molecule has 1 saturated carbocycles. The van der Waals surface area contributed by atoms with E-state index in [1.165, 1.54) is 12.3 Å². The molecular weight excluding hydrogens is 180 g/mol. The second-order valence-electron chi connectivity index (χ2n) is 3.15. The van der Waals surface area contributed by atoms with E-state index in [0.29, 0.717) is 17.6 Å². The van der Waals surface area contributed by atoms with Crippen LogP contribution >= 0.6 is 0 Å². The standard InChI is InChI=1S/C10H8N2O2/c11-4-8-3-7(6-13)10(5-12-8)14-9-1-2-9/h3,5-6,9H,1-2H2. The minimum Gasteiger partial charge on any atom is -0.488 e. The van der Waals surface area contributed by atoms with Gasteiger partial charge in [0.1, 0.15) is 17.5 Å². The molecule has 1 aromatic rings. The number of rotatable bonds is 3. The first-order valence-corrected chi connectivity index (χ1v) is 4.35. The molecule has 0 bridgehead atoms. The summed E-state index contributed by atoms with van der Waals surface area (Å²) in [5.41, 5.74) is 0.624. The second-order valence-corrected chi connectivity index (χ2v) is 3.15. The number of nitriles is 1. The first-order chi connectivity index (χ1) is 6.83. The number of aromatic nitrogens is 1. The number of ether oxygens (including phenoxy) is 1. The molecule has 14 heavy (non-hydrogen) atoms. The van der Waals surface area contributed by atoms with Crippen LogP contribution in [-0.2, 0) is 0 Å². The number of hydrogen-bond donors (Lipinski definition) is 0. The molecule has 0 unspecified atom stereocenters. The molecule has 2 rings (SSSR count). The fourth-order valence-electron chi connectivity index (χ4n) is 1.08. The maximum Gasteiger partial charge on any atom is 0.153 e. The third kappa shape index (κ3) is 1.72. The van der Waals surface area contributed by atoms with Crippen LogP contribution in [0.15, 0.2) is 12.3 Å². The minimum atomic E-state index is 0.225. The summed E-state index contributed by atoms with van der Waals surface area (Å²) in [5, 5.41) is 8.57. The molecule has 1 aromatic heterocycles. The average molecular weight is 188 g/mol. The number of carbonyl (C=O) groups is 1. The van der Waals surface area contributed by atoms with Gasteiger partial charge in [0.2, 0.25) is 0 Å². The Hall–Kier alpha value is -1.89. The zero-order valence-electron chi connectivity index (χ0n) is 7.43. The lowest BCUT2D eigenvalue weighted by Gasteiger charge is -2.05. The van der Waals surface area contributed by atoms with Crippen molar-refractivity contribution >= 4 is 6.29 Å². The van der Waals surface area contributed by atoms with Gasteiger partial charge < -0.3 is 4.74 Å². The number of nitrogens with zero attached hydrogens (tertiary/aromatic N) is 2. The van der Waals surface area contributed by atoms with E-state index in [4.69, 9.17) is 10.00 Å². The maximum atomic E-state index is 10.7. The Kier molecular flexibility index (Phi) is 2.15. The van der Waals surface area contributed by atoms with E-state index in [1.807, 2.05) is 6.07 Å². The van der Waals surface area contributed by atoms with Gasteiger partial charge in [0.25, 0.3) is 0 Å². The maximum absolute atomic E-state index is 10.7. The lowest BCUT2D eigenvalue weighted by atomic mass is 10.2. The summed E-state index contributed by atoms with van der Waals surface area (Å²) < 4.78 is 5.44. The summed E-state index contributed by atoms with van der Waals surface area (Å²) in [6.45, 7) is 0. The molecule has 0 atom stereocenters. The lowest BCUT2D eigenvalue weighted by molar-refractivity contribution is 0.111. The molecule has 0 saturated heterocycles. The molecule has 1 aliphatic carbocycles. The highest BCUT2D eigenvalue weighted by Gasteiger charge is 2.24. The van der Waals surface area contributed by atoms with E-state index in [1.54, 1.807) is 0 Å². The predicted octanol–water partition coefficient (Wildman–Crippen LogP) is 1.31. The monoisotopic (exact) mass is 188 g/mol. The van der Waals surface area contributed by atoms with Gasteiger partial charge >= 0.3 is 0 Å². The quantitative estimate of drug-likeness (QED) is 0.671. The summed E-state index contributed by atoms with van der Waals surface area (Å²) in [6, 6.07) is 3.31.